The second-order valence-electron chi connectivity index (χ2n) is 5.76. The van der Waals surface area contributed by atoms with Gasteiger partial charge in [0.15, 0.2) is 0 Å². The highest BCUT2D eigenvalue weighted by Crippen LogP contribution is 2.23. The Morgan fingerprint density at radius 2 is 1.67 bits per heavy atom. The van der Waals surface area contributed by atoms with Gasteiger partial charge in [-0.2, -0.15) is 0 Å². The number of likely N-dealkylation sites (tertiary alicyclic amines) is 1. The molecule has 1 saturated heterocycles. The summed E-state index contributed by atoms with van der Waals surface area (Å²) < 4.78 is 0. The molecule has 1 aliphatic heterocycles. The summed E-state index contributed by atoms with van der Waals surface area (Å²) >= 11 is 1.35. The van der Waals surface area contributed by atoms with Gasteiger partial charge in [0.25, 0.3) is 5.91 Å². The SMILES string of the molecule is O=C(c1cccs1)c1ccccc1C(=O)N1CCC(C(=O)O)CC1. The third kappa shape index (κ3) is 3.23. The van der Waals surface area contributed by atoms with Crippen molar-refractivity contribution in [2.75, 3.05) is 13.1 Å². The Balaban J connectivity index is 1.81. The van der Waals surface area contributed by atoms with Gasteiger partial charge < -0.3 is 10.0 Å². The van der Waals surface area contributed by atoms with E-state index in [2.05, 4.69) is 0 Å². The predicted molar refractivity (Wildman–Crippen MR) is 90.5 cm³/mol. The van der Waals surface area contributed by atoms with Crippen LogP contribution in [0.15, 0.2) is 41.8 Å². The van der Waals surface area contributed by atoms with Gasteiger partial charge in [-0.25, -0.2) is 0 Å². The average Bonchev–Trinajstić information content (AvgIpc) is 3.15. The number of piperidine rings is 1. The van der Waals surface area contributed by atoms with Crippen LogP contribution in [0.5, 0.6) is 0 Å². The second kappa shape index (κ2) is 6.97. The van der Waals surface area contributed by atoms with Gasteiger partial charge in [0.05, 0.1) is 16.4 Å². The zero-order valence-corrected chi connectivity index (χ0v) is 13.8. The van der Waals surface area contributed by atoms with Gasteiger partial charge in [-0.1, -0.05) is 24.3 Å². The lowest BCUT2D eigenvalue weighted by Crippen LogP contribution is -2.40. The van der Waals surface area contributed by atoms with E-state index < -0.39 is 11.9 Å². The molecule has 124 valence electrons. The van der Waals surface area contributed by atoms with Crippen LogP contribution in [0.3, 0.4) is 0 Å². The van der Waals surface area contributed by atoms with Gasteiger partial charge in [-0.05, 0) is 30.4 Å². The van der Waals surface area contributed by atoms with Crippen molar-refractivity contribution in [1.29, 1.82) is 0 Å². The molecule has 0 aliphatic carbocycles. The third-order valence-corrected chi connectivity index (χ3v) is 5.15. The van der Waals surface area contributed by atoms with Crippen molar-refractivity contribution < 1.29 is 19.5 Å². The first kappa shape index (κ1) is 16.4. The number of carbonyl (C=O) groups excluding carboxylic acids is 2. The monoisotopic (exact) mass is 343 g/mol. The summed E-state index contributed by atoms with van der Waals surface area (Å²) in [5.74, 6) is -1.57. The number of nitrogens with zero attached hydrogens (tertiary/aromatic N) is 1. The van der Waals surface area contributed by atoms with Crippen LogP contribution in [-0.4, -0.2) is 40.8 Å². The van der Waals surface area contributed by atoms with Crippen LogP contribution in [-0.2, 0) is 4.79 Å². The maximum Gasteiger partial charge on any atom is 0.306 e. The van der Waals surface area contributed by atoms with Crippen molar-refractivity contribution in [3.63, 3.8) is 0 Å². The van der Waals surface area contributed by atoms with Gasteiger partial charge >= 0.3 is 5.97 Å². The summed E-state index contributed by atoms with van der Waals surface area (Å²) in [4.78, 5) is 38.7. The predicted octanol–water partition coefficient (Wildman–Crippen LogP) is 2.92. The number of amides is 1. The van der Waals surface area contributed by atoms with Crippen molar-refractivity contribution >= 4 is 29.0 Å². The molecule has 2 aromatic rings. The maximum atomic E-state index is 12.8. The smallest absolute Gasteiger partial charge is 0.306 e. The lowest BCUT2D eigenvalue weighted by Gasteiger charge is -2.30. The number of carbonyl (C=O) groups is 3. The summed E-state index contributed by atoms with van der Waals surface area (Å²) in [5.41, 5.74) is 0.773. The number of aliphatic carboxylic acids is 1. The summed E-state index contributed by atoms with van der Waals surface area (Å²) in [7, 11) is 0. The van der Waals surface area contributed by atoms with Crippen LogP contribution in [0.1, 0.15) is 38.4 Å². The highest BCUT2D eigenvalue weighted by Gasteiger charge is 2.29. The lowest BCUT2D eigenvalue weighted by molar-refractivity contribution is -0.143. The van der Waals surface area contributed by atoms with Gasteiger partial charge in [-0.15, -0.1) is 11.3 Å². The van der Waals surface area contributed by atoms with E-state index in [9.17, 15) is 14.4 Å². The number of hydrogen-bond donors (Lipinski definition) is 1. The zero-order valence-electron chi connectivity index (χ0n) is 13.0. The maximum absolute atomic E-state index is 12.8. The summed E-state index contributed by atoms with van der Waals surface area (Å²) in [6.45, 7) is 0.800. The molecule has 0 spiro atoms. The van der Waals surface area contributed by atoms with Crippen molar-refractivity contribution in [3.05, 3.63) is 57.8 Å². The molecule has 1 N–H and O–H groups in total. The fourth-order valence-corrected chi connectivity index (χ4v) is 3.59. The third-order valence-electron chi connectivity index (χ3n) is 4.28. The van der Waals surface area contributed by atoms with Crippen LogP contribution < -0.4 is 0 Å². The number of thiophene rings is 1. The first-order chi connectivity index (χ1) is 11.6. The Kier molecular flexibility index (Phi) is 4.76. The molecule has 3 rings (SSSR count). The van der Waals surface area contributed by atoms with Crippen LogP contribution in [0.4, 0.5) is 0 Å². The molecule has 1 fully saturated rings. The molecular formula is C18H17NO4S. The van der Waals surface area contributed by atoms with E-state index in [0.717, 1.165) is 0 Å². The number of carboxylic acid groups (broad SMARTS) is 1. The molecule has 0 radical (unpaired) electrons. The molecule has 24 heavy (non-hydrogen) atoms. The van der Waals surface area contributed by atoms with Crippen LogP contribution >= 0.6 is 11.3 Å². The molecule has 1 aliphatic rings. The highest BCUT2D eigenvalue weighted by molar-refractivity contribution is 7.12. The molecule has 1 amide bonds. The van der Waals surface area contributed by atoms with Gasteiger partial charge in [0.1, 0.15) is 0 Å². The number of benzene rings is 1. The fourth-order valence-electron chi connectivity index (χ4n) is 2.91. The van der Waals surface area contributed by atoms with E-state index in [1.807, 2.05) is 5.38 Å². The molecule has 0 unspecified atom stereocenters. The topological polar surface area (TPSA) is 74.7 Å². The number of carboxylic acids is 1. The van der Waals surface area contributed by atoms with Crippen molar-refractivity contribution in [1.82, 2.24) is 4.90 Å². The van der Waals surface area contributed by atoms with Crippen LogP contribution in [0, 0.1) is 5.92 Å². The first-order valence-corrected chi connectivity index (χ1v) is 8.65. The van der Waals surface area contributed by atoms with Crippen LogP contribution in [0.2, 0.25) is 0 Å². The number of hydrogen-bond acceptors (Lipinski definition) is 4. The van der Waals surface area contributed by atoms with Crippen molar-refractivity contribution in [2.45, 2.75) is 12.8 Å². The highest BCUT2D eigenvalue weighted by atomic mass is 32.1. The average molecular weight is 343 g/mol. The molecule has 1 aromatic carbocycles. The lowest BCUT2D eigenvalue weighted by atomic mass is 9.95. The standard InChI is InChI=1S/C18H17NO4S/c20-16(15-6-3-11-24-15)13-4-1-2-5-14(13)17(21)19-9-7-12(8-10-19)18(22)23/h1-6,11-12H,7-10H2,(H,22,23). The first-order valence-electron chi connectivity index (χ1n) is 7.77. The van der Waals surface area contributed by atoms with E-state index in [4.69, 9.17) is 5.11 Å². The second-order valence-corrected chi connectivity index (χ2v) is 6.70. The minimum atomic E-state index is -0.810. The largest absolute Gasteiger partial charge is 0.481 e. The zero-order chi connectivity index (χ0) is 17.1. The van der Waals surface area contributed by atoms with E-state index in [-0.39, 0.29) is 11.7 Å². The van der Waals surface area contributed by atoms with Gasteiger partial charge in [-0.3, -0.25) is 14.4 Å². The molecular weight excluding hydrogens is 326 g/mol. The number of ketones is 1. The summed E-state index contributed by atoms with van der Waals surface area (Å²) in [6, 6.07) is 10.4. The molecule has 0 bridgehead atoms. The molecule has 0 saturated carbocycles. The van der Waals surface area contributed by atoms with Crippen molar-refractivity contribution in [3.8, 4) is 0 Å². The molecule has 0 atom stereocenters. The minimum Gasteiger partial charge on any atom is -0.481 e. The minimum absolute atomic E-state index is 0.158. The molecule has 6 heteroatoms. The Bertz CT molecular complexity index is 761. The normalized spacial score (nSPS) is 15.2. The Morgan fingerprint density at radius 1 is 1.00 bits per heavy atom. The number of rotatable bonds is 4. The molecule has 1 aromatic heterocycles. The summed E-state index contributed by atoms with van der Waals surface area (Å²) in [6.07, 6.45) is 0.893. The molecule has 5 nitrogen and oxygen atoms in total. The Morgan fingerprint density at radius 3 is 2.25 bits per heavy atom. The Hall–Kier alpha value is -2.47. The van der Waals surface area contributed by atoms with Gasteiger partial charge in [0.2, 0.25) is 5.78 Å². The van der Waals surface area contributed by atoms with Gasteiger partial charge in [0, 0.05) is 18.7 Å². The van der Waals surface area contributed by atoms with E-state index in [1.165, 1.54) is 11.3 Å². The van der Waals surface area contributed by atoms with E-state index in [0.29, 0.717) is 41.9 Å². The van der Waals surface area contributed by atoms with E-state index in [1.54, 1.807) is 41.3 Å². The fraction of sp³-hybridized carbons (Fsp3) is 0.278. The van der Waals surface area contributed by atoms with E-state index >= 15 is 0 Å². The van der Waals surface area contributed by atoms with Crippen molar-refractivity contribution in [2.24, 2.45) is 5.92 Å². The summed E-state index contributed by atoms with van der Waals surface area (Å²) in [5, 5.41) is 10.9. The Labute approximate surface area is 143 Å². The van der Waals surface area contributed by atoms with Crippen LogP contribution in [0.25, 0.3) is 0 Å². The quantitative estimate of drug-likeness (QED) is 0.866. The molecule has 2 heterocycles.